The minimum atomic E-state index is -0.0164. The maximum absolute atomic E-state index is 12.3. The number of hydrogen-bond acceptors (Lipinski definition) is 1. The molecule has 1 saturated carbocycles. The summed E-state index contributed by atoms with van der Waals surface area (Å²) in [5, 5.41) is 3.78. The van der Waals surface area contributed by atoms with Crippen molar-refractivity contribution in [2.75, 3.05) is 5.32 Å². The lowest BCUT2D eigenvalue weighted by Gasteiger charge is -2.10. The van der Waals surface area contributed by atoms with Gasteiger partial charge in [-0.1, -0.05) is 57.0 Å². The summed E-state index contributed by atoms with van der Waals surface area (Å²) in [6.45, 7) is 8.41. The third-order valence-electron chi connectivity index (χ3n) is 4.49. The number of hydrogen-bond donors (Lipinski definition) is 1. The molecule has 1 fully saturated rings. The van der Waals surface area contributed by atoms with Crippen molar-refractivity contribution in [2.45, 2.75) is 27.7 Å². The normalized spacial score (nSPS) is 20.6. The molecule has 0 bridgehead atoms. The first-order valence-corrected chi connectivity index (χ1v) is 6.70. The average molecular weight is 286 g/mol. The van der Waals surface area contributed by atoms with Gasteiger partial charge in [0.25, 0.3) is 0 Å². The highest BCUT2D eigenvalue weighted by Crippen LogP contribution is 2.68. The monoisotopic (exact) mass is 285 g/mol. The second-order valence-corrected chi connectivity index (χ2v) is 6.78. The van der Waals surface area contributed by atoms with Crippen molar-refractivity contribution < 1.29 is 4.79 Å². The Kier molecular flexibility index (Phi) is 3.15. The number of benzene rings is 1. The molecular weight excluding hydrogens is 269 g/mol. The van der Waals surface area contributed by atoms with Gasteiger partial charge in [0.05, 0.1) is 15.7 Å². The van der Waals surface area contributed by atoms with Crippen molar-refractivity contribution >= 4 is 34.8 Å². The van der Waals surface area contributed by atoms with Gasteiger partial charge in [0.1, 0.15) is 0 Å². The van der Waals surface area contributed by atoms with Crippen LogP contribution in [0.25, 0.3) is 0 Å². The Balaban J connectivity index is 2.20. The summed E-state index contributed by atoms with van der Waals surface area (Å²) in [5.41, 5.74) is 0.514. The Morgan fingerprint density at radius 1 is 1.11 bits per heavy atom. The van der Waals surface area contributed by atoms with Crippen LogP contribution in [0.1, 0.15) is 27.7 Å². The van der Waals surface area contributed by atoms with Crippen molar-refractivity contribution in [3.63, 3.8) is 0 Å². The summed E-state index contributed by atoms with van der Waals surface area (Å²) in [7, 11) is 0. The number of amides is 1. The SMILES string of the molecule is CC1(C)C(C(=O)Nc2c(Cl)cccc2Cl)C1(C)C. The van der Waals surface area contributed by atoms with Crippen LogP contribution >= 0.6 is 23.2 Å². The number of rotatable bonds is 2. The number of halogens is 2. The molecule has 1 aliphatic carbocycles. The van der Waals surface area contributed by atoms with Crippen LogP contribution in [0.15, 0.2) is 18.2 Å². The lowest BCUT2D eigenvalue weighted by Crippen LogP contribution is -2.18. The number of para-hydroxylation sites is 1. The molecule has 0 heterocycles. The molecule has 0 spiro atoms. The van der Waals surface area contributed by atoms with Crippen LogP contribution in [0, 0.1) is 16.7 Å². The summed E-state index contributed by atoms with van der Waals surface area (Å²) in [4.78, 5) is 12.3. The summed E-state index contributed by atoms with van der Waals surface area (Å²) in [5.74, 6) is -0.0302. The Morgan fingerprint density at radius 2 is 1.56 bits per heavy atom. The van der Waals surface area contributed by atoms with Crippen LogP contribution in [0.4, 0.5) is 5.69 Å². The van der Waals surface area contributed by atoms with Crippen molar-refractivity contribution in [2.24, 2.45) is 16.7 Å². The van der Waals surface area contributed by atoms with Crippen LogP contribution < -0.4 is 5.32 Å². The van der Waals surface area contributed by atoms with Crippen LogP contribution in [0.2, 0.25) is 10.0 Å². The molecule has 1 N–H and O–H groups in total. The molecular formula is C14H17Cl2NO. The van der Waals surface area contributed by atoms with Gasteiger partial charge in [0.15, 0.2) is 0 Å². The van der Waals surface area contributed by atoms with Gasteiger partial charge < -0.3 is 5.32 Å². The van der Waals surface area contributed by atoms with Crippen molar-refractivity contribution in [3.05, 3.63) is 28.2 Å². The van der Waals surface area contributed by atoms with Gasteiger partial charge in [-0.05, 0) is 23.0 Å². The fourth-order valence-electron chi connectivity index (χ4n) is 2.66. The lowest BCUT2D eigenvalue weighted by molar-refractivity contribution is -0.118. The first-order valence-electron chi connectivity index (χ1n) is 5.94. The molecule has 2 rings (SSSR count). The van der Waals surface area contributed by atoms with Gasteiger partial charge in [0.2, 0.25) is 5.91 Å². The minimum Gasteiger partial charge on any atom is -0.323 e. The average Bonchev–Trinajstić information content (AvgIpc) is 2.63. The molecule has 0 saturated heterocycles. The van der Waals surface area contributed by atoms with E-state index in [9.17, 15) is 4.79 Å². The second-order valence-electron chi connectivity index (χ2n) is 5.96. The number of carbonyl (C=O) groups excluding carboxylic acids is 1. The molecule has 1 aliphatic rings. The zero-order valence-electron chi connectivity index (χ0n) is 11.0. The predicted octanol–water partition coefficient (Wildman–Crippen LogP) is 4.61. The number of anilines is 1. The van der Waals surface area contributed by atoms with Gasteiger partial charge in [-0.2, -0.15) is 0 Å². The molecule has 1 aromatic carbocycles. The maximum atomic E-state index is 12.3. The van der Waals surface area contributed by atoms with Crippen LogP contribution in [-0.4, -0.2) is 5.91 Å². The quantitative estimate of drug-likeness (QED) is 0.844. The summed E-state index contributed by atoms with van der Waals surface area (Å²) in [6, 6.07) is 5.18. The first kappa shape index (κ1) is 13.7. The lowest BCUT2D eigenvalue weighted by atomic mass is 10.0. The second kappa shape index (κ2) is 4.14. The molecule has 0 unspecified atom stereocenters. The number of carbonyl (C=O) groups is 1. The Morgan fingerprint density at radius 3 is 1.94 bits per heavy atom. The molecule has 4 heteroatoms. The molecule has 18 heavy (non-hydrogen) atoms. The largest absolute Gasteiger partial charge is 0.323 e. The van der Waals surface area contributed by atoms with Gasteiger partial charge in [-0.15, -0.1) is 0 Å². The molecule has 0 radical (unpaired) electrons. The maximum Gasteiger partial charge on any atom is 0.228 e. The van der Waals surface area contributed by atoms with E-state index in [4.69, 9.17) is 23.2 Å². The summed E-state index contributed by atoms with van der Waals surface area (Å²) in [6.07, 6.45) is 0. The highest BCUT2D eigenvalue weighted by molar-refractivity contribution is 6.39. The summed E-state index contributed by atoms with van der Waals surface area (Å²) < 4.78 is 0. The van der Waals surface area contributed by atoms with Crippen LogP contribution in [-0.2, 0) is 4.79 Å². The van der Waals surface area contributed by atoms with E-state index in [1.54, 1.807) is 18.2 Å². The third-order valence-corrected chi connectivity index (χ3v) is 5.12. The minimum absolute atomic E-state index is 0.00478. The Bertz CT molecular complexity index is 474. The van der Waals surface area contributed by atoms with Gasteiger partial charge in [-0.3, -0.25) is 4.79 Å². The molecule has 0 aromatic heterocycles. The molecule has 1 amide bonds. The van der Waals surface area contributed by atoms with Gasteiger partial charge in [0, 0.05) is 5.92 Å². The van der Waals surface area contributed by atoms with Gasteiger partial charge >= 0.3 is 0 Å². The Hall–Kier alpha value is -0.730. The third kappa shape index (κ3) is 1.92. The molecule has 98 valence electrons. The topological polar surface area (TPSA) is 29.1 Å². The standard InChI is InChI=1S/C14H17Cl2NO/c1-13(2)11(14(13,3)4)12(18)17-10-8(15)6-5-7-9(10)16/h5-7,11H,1-4H3,(H,17,18). The number of nitrogens with one attached hydrogen (secondary N) is 1. The van der Waals surface area contributed by atoms with E-state index >= 15 is 0 Å². The summed E-state index contributed by atoms with van der Waals surface area (Å²) >= 11 is 12.1. The van der Waals surface area contributed by atoms with Crippen molar-refractivity contribution in [3.8, 4) is 0 Å². The van der Waals surface area contributed by atoms with E-state index in [0.29, 0.717) is 15.7 Å². The highest BCUT2D eigenvalue weighted by atomic mass is 35.5. The van der Waals surface area contributed by atoms with E-state index in [2.05, 4.69) is 33.0 Å². The van der Waals surface area contributed by atoms with Crippen molar-refractivity contribution in [1.29, 1.82) is 0 Å². The predicted molar refractivity (Wildman–Crippen MR) is 76.1 cm³/mol. The Labute approximate surface area is 118 Å². The van der Waals surface area contributed by atoms with E-state index in [1.165, 1.54) is 0 Å². The van der Waals surface area contributed by atoms with E-state index < -0.39 is 0 Å². The smallest absolute Gasteiger partial charge is 0.228 e. The fourth-order valence-corrected chi connectivity index (χ4v) is 3.16. The highest BCUT2D eigenvalue weighted by Gasteiger charge is 2.68. The zero-order chi connectivity index (χ0) is 13.7. The molecule has 0 atom stereocenters. The van der Waals surface area contributed by atoms with E-state index in [1.807, 2.05) is 0 Å². The van der Waals surface area contributed by atoms with Crippen molar-refractivity contribution in [1.82, 2.24) is 0 Å². The molecule has 2 nitrogen and oxygen atoms in total. The zero-order valence-corrected chi connectivity index (χ0v) is 12.5. The molecule has 0 aliphatic heterocycles. The van der Waals surface area contributed by atoms with E-state index in [-0.39, 0.29) is 22.7 Å². The van der Waals surface area contributed by atoms with Crippen LogP contribution in [0.5, 0.6) is 0 Å². The fraction of sp³-hybridized carbons (Fsp3) is 0.500. The van der Waals surface area contributed by atoms with Gasteiger partial charge in [-0.25, -0.2) is 0 Å². The van der Waals surface area contributed by atoms with Crippen LogP contribution in [0.3, 0.4) is 0 Å². The molecule has 1 aromatic rings. The van der Waals surface area contributed by atoms with E-state index in [0.717, 1.165) is 0 Å². The first-order chi connectivity index (χ1) is 8.19.